The average Bonchev–Trinajstić information content (AvgIpc) is 2.84. The van der Waals surface area contributed by atoms with Crippen LogP contribution in [0.3, 0.4) is 0 Å². The summed E-state index contributed by atoms with van der Waals surface area (Å²) in [6.45, 7) is 2.82. The van der Waals surface area contributed by atoms with E-state index in [1.165, 1.54) is 0 Å². The van der Waals surface area contributed by atoms with Gasteiger partial charge in [-0.3, -0.25) is 0 Å². The minimum atomic E-state index is -2.89. The Morgan fingerprint density at radius 2 is 2.41 bits per heavy atom. The first-order valence-corrected chi connectivity index (χ1v) is 7.70. The van der Waals surface area contributed by atoms with Crippen LogP contribution in [0.2, 0.25) is 0 Å². The van der Waals surface area contributed by atoms with E-state index >= 15 is 0 Å². The van der Waals surface area contributed by atoms with Crippen molar-refractivity contribution in [3.8, 4) is 0 Å². The van der Waals surface area contributed by atoms with Crippen molar-refractivity contribution in [2.75, 3.05) is 11.5 Å². The lowest BCUT2D eigenvalue weighted by atomic mass is 9.97. The van der Waals surface area contributed by atoms with Gasteiger partial charge in [-0.2, -0.15) is 0 Å². The highest BCUT2D eigenvalue weighted by Crippen LogP contribution is 2.29. The van der Waals surface area contributed by atoms with E-state index in [9.17, 15) is 8.42 Å². The topological polar surface area (TPSA) is 90.9 Å². The van der Waals surface area contributed by atoms with Crippen molar-refractivity contribution in [1.82, 2.24) is 15.0 Å². The molecule has 1 fully saturated rings. The highest BCUT2D eigenvalue weighted by Gasteiger charge is 2.34. The quantitative estimate of drug-likeness (QED) is 0.828. The predicted molar refractivity (Wildman–Crippen MR) is 64.0 cm³/mol. The molecule has 1 saturated heterocycles. The lowest BCUT2D eigenvalue weighted by molar-refractivity contribution is 0.435. The summed E-state index contributed by atoms with van der Waals surface area (Å²) in [5.74, 6) is 0.431. The van der Waals surface area contributed by atoms with Gasteiger partial charge >= 0.3 is 0 Å². The lowest BCUT2D eigenvalue weighted by Crippen LogP contribution is -2.25. The van der Waals surface area contributed by atoms with E-state index in [1.807, 2.05) is 0 Å². The molecule has 0 aromatic carbocycles. The maximum atomic E-state index is 11.4. The van der Waals surface area contributed by atoms with Gasteiger partial charge in [0.15, 0.2) is 9.84 Å². The highest BCUT2D eigenvalue weighted by atomic mass is 32.2. The smallest absolute Gasteiger partial charge is 0.150 e. The molecule has 6 nitrogen and oxygen atoms in total. The molecular formula is C10H18N4O2S. The Morgan fingerprint density at radius 1 is 1.65 bits per heavy atom. The first kappa shape index (κ1) is 12.5. The number of rotatable bonds is 4. The van der Waals surface area contributed by atoms with Crippen molar-refractivity contribution in [1.29, 1.82) is 0 Å². The molecule has 1 aromatic rings. The van der Waals surface area contributed by atoms with Crippen molar-refractivity contribution >= 4 is 9.84 Å². The summed E-state index contributed by atoms with van der Waals surface area (Å²) in [6, 6.07) is -0.283. The highest BCUT2D eigenvalue weighted by molar-refractivity contribution is 7.91. The van der Waals surface area contributed by atoms with Crippen LogP contribution in [0.5, 0.6) is 0 Å². The molecule has 1 aliphatic heterocycles. The Kier molecular flexibility index (Phi) is 3.48. The van der Waals surface area contributed by atoms with Gasteiger partial charge in [-0.1, -0.05) is 12.1 Å². The van der Waals surface area contributed by atoms with Gasteiger partial charge in [0.2, 0.25) is 0 Å². The normalized spacial score (nSPS) is 24.9. The summed E-state index contributed by atoms with van der Waals surface area (Å²) in [4.78, 5) is 0. The maximum Gasteiger partial charge on any atom is 0.150 e. The molecule has 0 aliphatic carbocycles. The number of sulfone groups is 1. The molecule has 2 rings (SSSR count). The van der Waals surface area contributed by atoms with E-state index in [2.05, 4.69) is 17.2 Å². The Balaban J connectivity index is 2.14. The number of nitrogens with two attached hydrogens (primary N) is 1. The fraction of sp³-hybridized carbons (Fsp3) is 0.800. The van der Waals surface area contributed by atoms with Crippen LogP contribution >= 0.6 is 0 Å². The summed E-state index contributed by atoms with van der Waals surface area (Å²) in [5.41, 5.74) is 6.97. The molecule has 0 radical (unpaired) electrons. The first-order chi connectivity index (χ1) is 8.03. The van der Waals surface area contributed by atoms with Gasteiger partial charge in [0.05, 0.1) is 29.4 Å². The molecule has 1 aromatic heterocycles. The molecule has 0 bridgehead atoms. The van der Waals surface area contributed by atoms with Gasteiger partial charge in [-0.25, -0.2) is 13.1 Å². The molecule has 2 atom stereocenters. The van der Waals surface area contributed by atoms with Gasteiger partial charge < -0.3 is 5.73 Å². The Morgan fingerprint density at radius 3 is 3.00 bits per heavy atom. The SMILES string of the molecule is CCCn1nncc1C(N)C1CCS(=O)(=O)C1. The number of nitrogens with zero attached hydrogens (tertiary/aromatic N) is 3. The van der Waals surface area contributed by atoms with E-state index in [-0.39, 0.29) is 23.5 Å². The van der Waals surface area contributed by atoms with Crippen LogP contribution in [0.25, 0.3) is 0 Å². The van der Waals surface area contributed by atoms with Gasteiger partial charge in [0.1, 0.15) is 0 Å². The zero-order valence-corrected chi connectivity index (χ0v) is 10.7. The lowest BCUT2D eigenvalue weighted by Gasteiger charge is -2.18. The second kappa shape index (κ2) is 4.73. The second-order valence-electron chi connectivity index (χ2n) is 4.57. The van der Waals surface area contributed by atoms with Crippen molar-refractivity contribution in [2.45, 2.75) is 32.4 Å². The van der Waals surface area contributed by atoms with Gasteiger partial charge in [0, 0.05) is 6.54 Å². The average molecular weight is 258 g/mol. The molecule has 17 heavy (non-hydrogen) atoms. The van der Waals surface area contributed by atoms with E-state index in [4.69, 9.17) is 5.73 Å². The van der Waals surface area contributed by atoms with E-state index < -0.39 is 9.84 Å². The van der Waals surface area contributed by atoms with Crippen LogP contribution in [0.4, 0.5) is 0 Å². The van der Waals surface area contributed by atoms with Crippen molar-refractivity contribution in [2.24, 2.45) is 11.7 Å². The molecule has 0 amide bonds. The largest absolute Gasteiger partial charge is 0.322 e. The van der Waals surface area contributed by atoms with Crippen LogP contribution in [0.15, 0.2) is 6.20 Å². The van der Waals surface area contributed by atoms with Gasteiger partial charge in [-0.05, 0) is 18.8 Å². The van der Waals surface area contributed by atoms with Crippen LogP contribution in [-0.4, -0.2) is 34.9 Å². The monoisotopic (exact) mass is 258 g/mol. The molecule has 2 heterocycles. The Hall–Kier alpha value is -0.950. The molecule has 1 aliphatic rings. The van der Waals surface area contributed by atoms with Crippen molar-refractivity contribution in [3.63, 3.8) is 0 Å². The first-order valence-electron chi connectivity index (χ1n) is 5.88. The van der Waals surface area contributed by atoms with Crippen LogP contribution in [0.1, 0.15) is 31.5 Å². The minimum absolute atomic E-state index is 0.00546. The van der Waals surface area contributed by atoms with Crippen LogP contribution in [0, 0.1) is 5.92 Å². The standard InChI is InChI=1S/C10H18N4O2S/c1-2-4-14-9(6-12-13-14)10(11)8-3-5-17(15,16)7-8/h6,8,10H,2-5,7,11H2,1H3. The van der Waals surface area contributed by atoms with E-state index in [0.29, 0.717) is 6.42 Å². The maximum absolute atomic E-state index is 11.4. The summed E-state index contributed by atoms with van der Waals surface area (Å²) < 4.78 is 24.6. The molecular weight excluding hydrogens is 240 g/mol. The summed E-state index contributed by atoms with van der Waals surface area (Å²) in [6.07, 6.45) is 3.23. The third-order valence-corrected chi connectivity index (χ3v) is 4.99. The number of hydrogen-bond donors (Lipinski definition) is 1. The Labute approximate surface area is 101 Å². The minimum Gasteiger partial charge on any atom is -0.322 e. The third-order valence-electron chi connectivity index (χ3n) is 3.20. The predicted octanol–water partition coefficient (Wildman–Crippen LogP) is 0.123. The van der Waals surface area contributed by atoms with E-state index in [0.717, 1.165) is 18.7 Å². The number of aryl methyl sites for hydroxylation is 1. The zero-order chi connectivity index (χ0) is 12.5. The fourth-order valence-electron chi connectivity index (χ4n) is 2.26. The molecule has 2 N–H and O–H groups in total. The van der Waals surface area contributed by atoms with Gasteiger partial charge in [0.25, 0.3) is 0 Å². The summed E-state index contributed by atoms with van der Waals surface area (Å²) in [7, 11) is -2.89. The molecule has 96 valence electrons. The zero-order valence-electron chi connectivity index (χ0n) is 9.91. The van der Waals surface area contributed by atoms with Crippen LogP contribution < -0.4 is 5.73 Å². The van der Waals surface area contributed by atoms with E-state index in [1.54, 1.807) is 10.9 Å². The summed E-state index contributed by atoms with van der Waals surface area (Å²) in [5, 5.41) is 7.83. The van der Waals surface area contributed by atoms with Crippen LogP contribution in [-0.2, 0) is 16.4 Å². The Bertz CT molecular complexity index is 482. The van der Waals surface area contributed by atoms with Crippen molar-refractivity contribution in [3.05, 3.63) is 11.9 Å². The molecule has 0 saturated carbocycles. The van der Waals surface area contributed by atoms with Gasteiger partial charge in [-0.15, -0.1) is 5.10 Å². The molecule has 0 spiro atoms. The third kappa shape index (κ3) is 2.66. The number of hydrogen-bond acceptors (Lipinski definition) is 5. The number of aromatic nitrogens is 3. The van der Waals surface area contributed by atoms with Crippen molar-refractivity contribution < 1.29 is 8.42 Å². The summed E-state index contributed by atoms with van der Waals surface area (Å²) >= 11 is 0. The fourth-order valence-corrected chi connectivity index (χ4v) is 4.11. The molecule has 2 unspecified atom stereocenters. The molecule has 7 heteroatoms. The second-order valence-corrected chi connectivity index (χ2v) is 6.80.